The van der Waals surface area contributed by atoms with Gasteiger partial charge in [-0.05, 0) is 24.1 Å². The van der Waals surface area contributed by atoms with Gasteiger partial charge >= 0.3 is 0 Å². The van der Waals surface area contributed by atoms with Crippen molar-refractivity contribution in [1.82, 2.24) is 9.78 Å². The molecule has 27 heavy (non-hydrogen) atoms. The van der Waals surface area contributed by atoms with Gasteiger partial charge in [0, 0.05) is 12.2 Å². The maximum atomic E-state index is 12.8. The number of aromatic nitrogens is 2. The number of carbonyl (C=O) groups is 2. The first-order valence-corrected chi connectivity index (χ1v) is 9.55. The second-order valence-corrected chi connectivity index (χ2v) is 7.02. The molecule has 7 nitrogen and oxygen atoms in total. The summed E-state index contributed by atoms with van der Waals surface area (Å²) >= 11 is 1.27. The molecule has 140 valence electrons. The molecular weight excluding hydrogens is 364 g/mol. The van der Waals surface area contributed by atoms with Crippen LogP contribution in [0.4, 0.5) is 11.4 Å². The van der Waals surface area contributed by atoms with E-state index in [-0.39, 0.29) is 36.3 Å². The van der Waals surface area contributed by atoms with Gasteiger partial charge in [0.05, 0.1) is 16.8 Å². The Kier molecular flexibility index (Phi) is 5.75. The zero-order chi connectivity index (χ0) is 19.4. The molecule has 3 rings (SSSR count). The standard InChI is InChI=1S/C19H20N4O3S/c1-3-8-22-17(25)12-27-15-10-20-23(19(26)18(15)22)11-16(24)21-14-7-5-6-13(4-2)9-14/h3,5-7,9-10H,1,4,8,11-12H2,2H3,(H,21,24). The largest absolute Gasteiger partial charge is 0.324 e. The molecule has 0 bridgehead atoms. The van der Waals surface area contributed by atoms with Gasteiger partial charge in [0.25, 0.3) is 5.56 Å². The van der Waals surface area contributed by atoms with E-state index >= 15 is 0 Å². The first kappa shape index (κ1) is 18.9. The van der Waals surface area contributed by atoms with Crippen LogP contribution in [0.25, 0.3) is 0 Å². The fraction of sp³-hybridized carbons (Fsp3) is 0.263. The molecule has 2 heterocycles. The molecule has 0 saturated heterocycles. The van der Waals surface area contributed by atoms with Crippen molar-refractivity contribution in [1.29, 1.82) is 0 Å². The minimum absolute atomic E-state index is 0.164. The molecule has 1 aliphatic rings. The van der Waals surface area contributed by atoms with Crippen LogP contribution < -0.4 is 15.8 Å². The van der Waals surface area contributed by atoms with Gasteiger partial charge < -0.3 is 10.2 Å². The predicted molar refractivity (Wildman–Crippen MR) is 106 cm³/mol. The molecule has 1 aliphatic heterocycles. The minimum Gasteiger partial charge on any atom is -0.324 e. The number of amides is 2. The molecule has 1 N–H and O–H groups in total. The van der Waals surface area contributed by atoms with Crippen molar-refractivity contribution in [2.24, 2.45) is 0 Å². The highest BCUT2D eigenvalue weighted by atomic mass is 32.2. The van der Waals surface area contributed by atoms with Crippen LogP contribution >= 0.6 is 11.8 Å². The number of hydrogen-bond acceptors (Lipinski definition) is 5. The van der Waals surface area contributed by atoms with E-state index in [0.29, 0.717) is 10.6 Å². The molecular formula is C19H20N4O3S. The molecule has 0 saturated carbocycles. The molecule has 0 atom stereocenters. The number of benzene rings is 1. The summed E-state index contributed by atoms with van der Waals surface area (Å²) in [7, 11) is 0. The van der Waals surface area contributed by atoms with Crippen molar-refractivity contribution in [3.63, 3.8) is 0 Å². The third-order valence-corrected chi connectivity index (χ3v) is 5.13. The van der Waals surface area contributed by atoms with Crippen molar-refractivity contribution in [3.05, 3.63) is 59.0 Å². The van der Waals surface area contributed by atoms with E-state index in [1.54, 1.807) is 12.1 Å². The highest BCUT2D eigenvalue weighted by Crippen LogP contribution is 2.31. The second-order valence-electron chi connectivity index (χ2n) is 6.00. The van der Waals surface area contributed by atoms with Crippen LogP contribution in [0, 0.1) is 0 Å². The molecule has 1 aromatic heterocycles. The van der Waals surface area contributed by atoms with Gasteiger partial charge in [0.1, 0.15) is 12.2 Å². The monoisotopic (exact) mass is 384 g/mol. The third kappa shape index (κ3) is 4.11. The maximum absolute atomic E-state index is 12.8. The Morgan fingerprint density at radius 3 is 2.96 bits per heavy atom. The number of rotatable bonds is 6. The fourth-order valence-corrected chi connectivity index (χ4v) is 3.69. The minimum atomic E-state index is -0.465. The van der Waals surface area contributed by atoms with Crippen LogP contribution in [0.3, 0.4) is 0 Å². The Labute approximate surface area is 161 Å². The lowest BCUT2D eigenvalue weighted by atomic mass is 10.1. The van der Waals surface area contributed by atoms with Gasteiger partial charge in [-0.3, -0.25) is 14.4 Å². The summed E-state index contributed by atoms with van der Waals surface area (Å²) in [5, 5.41) is 6.86. The Morgan fingerprint density at radius 2 is 2.22 bits per heavy atom. The van der Waals surface area contributed by atoms with Gasteiger partial charge in [-0.2, -0.15) is 5.10 Å². The lowest BCUT2D eigenvalue weighted by Crippen LogP contribution is -2.42. The van der Waals surface area contributed by atoms with E-state index in [0.717, 1.165) is 16.7 Å². The summed E-state index contributed by atoms with van der Waals surface area (Å²) in [6, 6.07) is 7.53. The number of nitrogens with zero attached hydrogens (tertiary/aromatic N) is 3. The molecule has 0 fully saturated rings. The summed E-state index contributed by atoms with van der Waals surface area (Å²) in [5.41, 5.74) is 1.57. The highest BCUT2D eigenvalue weighted by Gasteiger charge is 2.28. The van der Waals surface area contributed by atoms with Crippen LogP contribution in [0.1, 0.15) is 12.5 Å². The molecule has 2 aromatic rings. The third-order valence-electron chi connectivity index (χ3n) is 4.13. The van der Waals surface area contributed by atoms with E-state index in [9.17, 15) is 14.4 Å². The summed E-state index contributed by atoms with van der Waals surface area (Å²) in [6.45, 7) is 5.67. The van der Waals surface area contributed by atoms with Gasteiger partial charge in [-0.1, -0.05) is 25.1 Å². The number of fused-ring (bicyclic) bond motifs is 1. The predicted octanol–water partition coefficient (Wildman–Crippen LogP) is 2.07. The van der Waals surface area contributed by atoms with E-state index in [1.807, 2.05) is 25.1 Å². The normalized spacial score (nSPS) is 13.2. The Morgan fingerprint density at radius 1 is 1.41 bits per heavy atom. The van der Waals surface area contributed by atoms with Crippen LogP contribution in [0.2, 0.25) is 0 Å². The summed E-state index contributed by atoms with van der Waals surface area (Å²) in [6.07, 6.45) is 3.95. The van der Waals surface area contributed by atoms with Gasteiger partial charge in [-0.15, -0.1) is 18.3 Å². The molecule has 2 amide bonds. The Balaban J connectivity index is 1.83. The molecule has 0 aliphatic carbocycles. The summed E-state index contributed by atoms with van der Waals surface area (Å²) < 4.78 is 1.08. The number of thioether (sulfide) groups is 1. The van der Waals surface area contributed by atoms with E-state index in [4.69, 9.17) is 0 Å². The van der Waals surface area contributed by atoms with Gasteiger partial charge in [-0.25, -0.2) is 4.68 Å². The molecule has 0 radical (unpaired) electrons. The van der Waals surface area contributed by atoms with Crippen molar-refractivity contribution < 1.29 is 9.59 Å². The first-order chi connectivity index (χ1) is 13.0. The second kappa shape index (κ2) is 8.22. The van der Waals surface area contributed by atoms with Crippen LogP contribution in [0.15, 0.2) is 52.8 Å². The topological polar surface area (TPSA) is 84.3 Å². The van der Waals surface area contributed by atoms with Crippen LogP contribution in [-0.4, -0.2) is 33.9 Å². The van der Waals surface area contributed by atoms with Crippen molar-refractivity contribution in [2.75, 3.05) is 22.5 Å². The van der Waals surface area contributed by atoms with Gasteiger partial charge in [0.15, 0.2) is 0 Å². The number of carbonyl (C=O) groups excluding carboxylic acids is 2. The maximum Gasteiger partial charge on any atom is 0.292 e. The van der Waals surface area contributed by atoms with E-state index < -0.39 is 5.56 Å². The zero-order valence-electron chi connectivity index (χ0n) is 15.0. The number of hydrogen-bond donors (Lipinski definition) is 1. The smallest absolute Gasteiger partial charge is 0.292 e. The number of anilines is 2. The first-order valence-electron chi connectivity index (χ1n) is 8.56. The molecule has 0 unspecified atom stereocenters. The molecule has 8 heteroatoms. The summed E-state index contributed by atoms with van der Waals surface area (Å²) in [4.78, 5) is 39.3. The lowest BCUT2D eigenvalue weighted by Gasteiger charge is -2.27. The van der Waals surface area contributed by atoms with Gasteiger partial charge in [0.2, 0.25) is 11.8 Å². The van der Waals surface area contributed by atoms with Crippen molar-refractivity contribution in [2.45, 2.75) is 24.8 Å². The number of nitrogens with one attached hydrogen (secondary N) is 1. The number of aryl methyl sites for hydroxylation is 1. The average Bonchev–Trinajstić information content (AvgIpc) is 2.66. The fourth-order valence-electron chi connectivity index (χ4n) is 2.80. The van der Waals surface area contributed by atoms with E-state index in [2.05, 4.69) is 17.0 Å². The van der Waals surface area contributed by atoms with E-state index in [1.165, 1.54) is 22.9 Å². The summed E-state index contributed by atoms with van der Waals surface area (Å²) in [5.74, 6) is -0.272. The quantitative estimate of drug-likeness (QED) is 0.771. The van der Waals surface area contributed by atoms with Crippen molar-refractivity contribution in [3.8, 4) is 0 Å². The molecule has 0 spiro atoms. The Bertz CT molecular complexity index is 954. The lowest BCUT2D eigenvalue weighted by molar-refractivity contribution is -0.117. The average molecular weight is 384 g/mol. The SMILES string of the molecule is C=CCN1C(=O)CSc2cnn(CC(=O)Nc3cccc(CC)c3)c(=O)c21. The zero-order valence-corrected chi connectivity index (χ0v) is 15.8. The highest BCUT2D eigenvalue weighted by molar-refractivity contribution is 8.00. The molecule has 1 aromatic carbocycles. The Hall–Kier alpha value is -2.87. The van der Waals surface area contributed by atoms with Crippen LogP contribution in [0.5, 0.6) is 0 Å². The van der Waals surface area contributed by atoms with Crippen LogP contribution in [-0.2, 0) is 22.6 Å². The van der Waals surface area contributed by atoms with Crippen molar-refractivity contribution >= 4 is 35.0 Å².